The van der Waals surface area contributed by atoms with Gasteiger partial charge in [-0.2, -0.15) is 0 Å². The molecule has 1 aromatic heterocycles. The van der Waals surface area contributed by atoms with E-state index in [1.165, 1.54) is 18.5 Å². The second-order valence-corrected chi connectivity index (χ2v) is 5.07. The molecular weight excluding hydrogens is 316 g/mol. The quantitative estimate of drug-likeness (QED) is 0.563. The summed E-state index contributed by atoms with van der Waals surface area (Å²) in [5.74, 6) is 0.145. The van der Waals surface area contributed by atoms with Crippen LogP contribution in [0.25, 0.3) is 11.0 Å². The number of imidazole rings is 1. The normalized spacial score (nSPS) is 12.3. The molecule has 2 aromatic carbocycles. The van der Waals surface area contributed by atoms with Crippen molar-refractivity contribution in [1.82, 2.24) is 9.97 Å². The van der Waals surface area contributed by atoms with Crippen molar-refractivity contribution in [2.75, 3.05) is 12.1 Å². The number of anilines is 1. The number of fused-ring (bicyclic) bond motifs is 2. The predicted octanol–water partition coefficient (Wildman–Crippen LogP) is 2.45. The number of nitro benzene ring substituents is 1. The van der Waals surface area contributed by atoms with E-state index in [-0.39, 0.29) is 23.9 Å². The van der Waals surface area contributed by atoms with Gasteiger partial charge in [0.25, 0.3) is 11.6 Å². The van der Waals surface area contributed by atoms with Crippen LogP contribution in [0.4, 0.5) is 11.4 Å². The molecule has 0 spiro atoms. The fourth-order valence-corrected chi connectivity index (χ4v) is 2.45. The molecule has 2 heterocycles. The summed E-state index contributed by atoms with van der Waals surface area (Å²) in [6.45, 7) is -0.0135. The molecule has 2 N–H and O–H groups in total. The molecule has 1 aliphatic heterocycles. The number of H-pyrrole nitrogens is 1. The highest BCUT2D eigenvalue weighted by Crippen LogP contribution is 2.40. The van der Waals surface area contributed by atoms with Crippen LogP contribution in [0.3, 0.4) is 0 Å². The number of aromatic nitrogens is 2. The third kappa shape index (κ3) is 2.28. The van der Waals surface area contributed by atoms with Crippen molar-refractivity contribution < 1.29 is 19.2 Å². The van der Waals surface area contributed by atoms with Crippen LogP contribution >= 0.6 is 0 Å². The number of hydrogen-bond donors (Lipinski definition) is 2. The highest BCUT2D eigenvalue weighted by atomic mass is 16.7. The smallest absolute Gasteiger partial charge is 0.296 e. The van der Waals surface area contributed by atoms with Crippen LogP contribution in [-0.4, -0.2) is 27.6 Å². The Morgan fingerprint density at radius 1 is 1.25 bits per heavy atom. The third-order valence-electron chi connectivity index (χ3n) is 3.62. The van der Waals surface area contributed by atoms with Crippen molar-refractivity contribution in [2.24, 2.45) is 0 Å². The Labute approximate surface area is 134 Å². The molecule has 0 aliphatic carbocycles. The summed E-state index contributed by atoms with van der Waals surface area (Å²) >= 11 is 0. The molecule has 9 heteroatoms. The summed E-state index contributed by atoms with van der Waals surface area (Å²) in [4.78, 5) is 30.0. The first-order valence-corrected chi connectivity index (χ1v) is 6.94. The van der Waals surface area contributed by atoms with Crippen LogP contribution in [0.2, 0.25) is 0 Å². The number of aromatic amines is 1. The largest absolute Gasteiger partial charge is 0.454 e. The van der Waals surface area contributed by atoms with Gasteiger partial charge in [-0.05, 0) is 18.2 Å². The van der Waals surface area contributed by atoms with E-state index < -0.39 is 10.8 Å². The van der Waals surface area contributed by atoms with Gasteiger partial charge >= 0.3 is 0 Å². The van der Waals surface area contributed by atoms with Gasteiger partial charge in [-0.15, -0.1) is 0 Å². The van der Waals surface area contributed by atoms with Gasteiger partial charge in [0, 0.05) is 11.6 Å². The van der Waals surface area contributed by atoms with E-state index in [0.29, 0.717) is 16.8 Å². The van der Waals surface area contributed by atoms with Gasteiger partial charge in [-0.3, -0.25) is 14.9 Å². The lowest BCUT2D eigenvalue weighted by molar-refractivity contribution is -0.384. The molecule has 4 rings (SSSR count). The maximum absolute atomic E-state index is 12.4. The lowest BCUT2D eigenvalue weighted by Gasteiger charge is -2.07. The summed E-state index contributed by atoms with van der Waals surface area (Å²) in [5, 5.41) is 13.8. The fraction of sp³-hybridized carbons (Fsp3) is 0.0667. The first-order chi connectivity index (χ1) is 11.6. The number of hydrogen-bond acceptors (Lipinski definition) is 6. The van der Waals surface area contributed by atoms with Gasteiger partial charge in [0.1, 0.15) is 5.69 Å². The highest BCUT2D eigenvalue weighted by molar-refractivity contribution is 6.07. The summed E-state index contributed by atoms with van der Waals surface area (Å²) in [5.41, 5.74) is 1.54. The van der Waals surface area contributed by atoms with Gasteiger partial charge in [0.2, 0.25) is 6.79 Å². The van der Waals surface area contributed by atoms with Gasteiger partial charge in [0.05, 0.1) is 28.4 Å². The topological polar surface area (TPSA) is 119 Å². The zero-order valence-electron chi connectivity index (χ0n) is 12.1. The number of rotatable bonds is 3. The Morgan fingerprint density at radius 3 is 2.83 bits per heavy atom. The number of ether oxygens (including phenoxy) is 2. The second-order valence-electron chi connectivity index (χ2n) is 5.07. The van der Waals surface area contributed by atoms with E-state index in [0.717, 1.165) is 5.52 Å². The van der Waals surface area contributed by atoms with Gasteiger partial charge < -0.3 is 19.8 Å². The van der Waals surface area contributed by atoms with Crippen molar-refractivity contribution in [3.63, 3.8) is 0 Å². The van der Waals surface area contributed by atoms with Crippen molar-refractivity contribution >= 4 is 28.3 Å². The SMILES string of the molecule is O=C(Nc1cc2c(cc1[N+](=O)[O-])OCO2)c1ccc2nc[nH]c2c1. The molecule has 24 heavy (non-hydrogen) atoms. The van der Waals surface area contributed by atoms with Crippen LogP contribution < -0.4 is 14.8 Å². The summed E-state index contributed by atoms with van der Waals surface area (Å²) in [6.07, 6.45) is 1.52. The van der Waals surface area contributed by atoms with E-state index >= 15 is 0 Å². The summed E-state index contributed by atoms with van der Waals surface area (Å²) in [7, 11) is 0. The minimum Gasteiger partial charge on any atom is -0.454 e. The predicted molar refractivity (Wildman–Crippen MR) is 83.3 cm³/mol. The minimum absolute atomic E-state index is 0.0135. The molecule has 0 atom stereocenters. The molecular formula is C15H10N4O5. The molecule has 9 nitrogen and oxygen atoms in total. The van der Waals surface area contributed by atoms with Gasteiger partial charge in [0.15, 0.2) is 11.5 Å². The highest BCUT2D eigenvalue weighted by Gasteiger charge is 2.24. The monoisotopic (exact) mass is 326 g/mol. The van der Waals surface area contributed by atoms with Crippen LogP contribution in [-0.2, 0) is 0 Å². The zero-order valence-corrected chi connectivity index (χ0v) is 12.1. The lowest BCUT2D eigenvalue weighted by atomic mass is 10.1. The molecule has 0 bridgehead atoms. The number of carbonyl (C=O) groups excluding carboxylic acids is 1. The number of nitro groups is 1. The number of benzene rings is 2. The van der Waals surface area contributed by atoms with Crippen molar-refractivity contribution in [3.05, 3.63) is 52.3 Å². The molecule has 0 saturated carbocycles. The molecule has 120 valence electrons. The van der Waals surface area contributed by atoms with E-state index in [4.69, 9.17) is 9.47 Å². The number of carbonyl (C=O) groups is 1. The Kier molecular flexibility index (Phi) is 3.05. The molecule has 0 unspecified atom stereocenters. The zero-order chi connectivity index (χ0) is 16.7. The van der Waals surface area contributed by atoms with Crippen molar-refractivity contribution in [3.8, 4) is 11.5 Å². The van der Waals surface area contributed by atoms with Crippen molar-refractivity contribution in [1.29, 1.82) is 0 Å². The van der Waals surface area contributed by atoms with E-state index in [9.17, 15) is 14.9 Å². The van der Waals surface area contributed by atoms with E-state index in [1.54, 1.807) is 18.2 Å². The average molecular weight is 326 g/mol. The average Bonchev–Trinajstić information content (AvgIpc) is 3.21. The Hall–Kier alpha value is -3.62. The first kappa shape index (κ1) is 14.0. The minimum atomic E-state index is -0.588. The Bertz CT molecular complexity index is 981. The summed E-state index contributed by atoms with van der Waals surface area (Å²) in [6, 6.07) is 7.52. The Balaban J connectivity index is 1.69. The maximum atomic E-state index is 12.4. The molecule has 0 radical (unpaired) electrons. The second kappa shape index (κ2) is 5.23. The van der Waals surface area contributed by atoms with Crippen LogP contribution in [0.15, 0.2) is 36.7 Å². The van der Waals surface area contributed by atoms with Gasteiger partial charge in [-0.1, -0.05) is 0 Å². The first-order valence-electron chi connectivity index (χ1n) is 6.94. The van der Waals surface area contributed by atoms with E-state index in [2.05, 4.69) is 15.3 Å². The van der Waals surface area contributed by atoms with Crippen LogP contribution in [0.5, 0.6) is 11.5 Å². The van der Waals surface area contributed by atoms with Crippen LogP contribution in [0, 0.1) is 10.1 Å². The molecule has 0 fully saturated rings. The van der Waals surface area contributed by atoms with Crippen molar-refractivity contribution in [2.45, 2.75) is 0 Å². The fourth-order valence-electron chi connectivity index (χ4n) is 2.45. The standard InChI is InChI=1S/C15H10N4O5/c20-15(8-1-2-9-10(3-8)17-6-16-9)18-11-4-13-14(24-7-23-13)5-12(11)19(21)22/h1-6H,7H2,(H,16,17)(H,18,20). The lowest BCUT2D eigenvalue weighted by Crippen LogP contribution is -2.13. The number of amides is 1. The molecule has 0 saturated heterocycles. The maximum Gasteiger partial charge on any atom is 0.296 e. The molecule has 1 aliphatic rings. The Morgan fingerprint density at radius 2 is 2.04 bits per heavy atom. The summed E-state index contributed by atoms with van der Waals surface area (Å²) < 4.78 is 10.3. The van der Waals surface area contributed by atoms with Crippen LogP contribution in [0.1, 0.15) is 10.4 Å². The van der Waals surface area contributed by atoms with Gasteiger partial charge in [-0.25, -0.2) is 4.98 Å². The molecule has 1 amide bonds. The van der Waals surface area contributed by atoms with E-state index in [1.807, 2.05) is 0 Å². The number of nitrogens with zero attached hydrogens (tertiary/aromatic N) is 2. The third-order valence-corrected chi connectivity index (χ3v) is 3.62. The number of nitrogens with one attached hydrogen (secondary N) is 2. The molecule has 3 aromatic rings.